The van der Waals surface area contributed by atoms with Crippen LogP contribution in [0.2, 0.25) is 0 Å². The normalized spacial score (nSPS) is 18.3. The van der Waals surface area contributed by atoms with Gasteiger partial charge in [0.25, 0.3) is 0 Å². The summed E-state index contributed by atoms with van der Waals surface area (Å²) < 4.78 is 35.3. The molecule has 0 aliphatic carbocycles. The molecule has 1 aromatic carbocycles. The summed E-state index contributed by atoms with van der Waals surface area (Å²) in [7, 11) is -1.62. The molecule has 0 radical (unpaired) electrons. The second kappa shape index (κ2) is 10.4. The highest BCUT2D eigenvalue weighted by Gasteiger charge is 2.15. The van der Waals surface area contributed by atoms with Crippen LogP contribution in [0.5, 0.6) is 0 Å². The van der Waals surface area contributed by atoms with Crippen molar-refractivity contribution in [3.05, 3.63) is 30.3 Å². The first-order valence-electron chi connectivity index (χ1n) is 8.53. The number of aliphatic imine (C=N–C) groups is 1. The largest absolute Gasteiger partial charge is 0.379 e. The lowest BCUT2D eigenvalue weighted by Gasteiger charge is -2.13. The molecule has 1 heterocycles. The number of guanidine groups is 1. The van der Waals surface area contributed by atoms with Crippen LogP contribution in [0.15, 0.2) is 40.2 Å². The summed E-state index contributed by atoms with van der Waals surface area (Å²) in [6, 6.07) is 8.46. The van der Waals surface area contributed by atoms with Gasteiger partial charge in [-0.1, -0.05) is 18.2 Å². The van der Waals surface area contributed by atoms with E-state index in [1.807, 2.05) is 0 Å². The van der Waals surface area contributed by atoms with Gasteiger partial charge in [0.05, 0.1) is 23.4 Å². The Bertz CT molecular complexity index is 629. The quantitative estimate of drug-likeness (QED) is 0.381. The molecule has 25 heavy (non-hydrogen) atoms. The van der Waals surface area contributed by atoms with E-state index in [4.69, 9.17) is 9.47 Å². The van der Waals surface area contributed by atoms with Crippen LogP contribution in [-0.2, 0) is 19.3 Å². The van der Waals surface area contributed by atoms with Gasteiger partial charge < -0.3 is 20.1 Å². The van der Waals surface area contributed by atoms with Crippen molar-refractivity contribution in [3.8, 4) is 0 Å². The molecule has 0 bridgehead atoms. The third-order valence-corrected chi connectivity index (χ3v) is 5.58. The van der Waals surface area contributed by atoms with E-state index in [1.165, 1.54) is 0 Å². The van der Waals surface area contributed by atoms with E-state index >= 15 is 0 Å². The Morgan fingerprint density at radius 1 is 1.28 bits per heavy atom. The predicted molar refractivity (Wildman–Crippen MR) is 97.7 cm³/mol. The van der Waals surface area contributed by atoms with Gasteiger partial charge in [0.15, 0.2) is 15.8 Å². The average Bonchev–Trinajstić information content (AvgIpc) is 3.14. The summed E-state index contributed by atoms with van der Waals surface area (Å²) in [6.45, 7) is 3.14. The zero-order valence-electron chi connectivity index (χ0n) is 14.6. The maximum atomic E-state index is 12.2. The number of hydrogen-bond donors (Lipinski definition) is 2. The molecular formula is C17H27N3O4S. The molecule has 140 valence electrons. The van der Waals surface area contributed by atoms with Crippen LogP contribution in [0, 0.1) is 0 Å². The Labute approximate surface area is 149 Å². The molecule has 1 atom stereocenters. The fourth-order valence-corrected chi connectivity index (χ4v) is 3.62. The first-order valence-corrected chi connectivity index (χ1v) is 10.2. The minimum atomic E-state index is -3.28. The van der Waals surface area contributed by atoms with Crippen LogP contribution >= 0.6 is 0 Å². The lowest BCUT2D eigenvalue weighted by Crippen LogP contribution is -2.40. The number of sulfone groups is 1. The average molecular weight is 369 g/mol. The molecule has 2 N–H and O–H groups in total. The molecule has 2 rings (SSSR count). The van der Waals surface area contributed by atoms with E-state index in [1.54, 1.807) is 37.4 Å². The van der Waals surface area contributed by atoms with Gasteiger partial charge in [0.1, 0.15) is 0 Å². The SMILES string of the molecule is CN=C(NCCCOC1CCOC1)NCCS(=O)(=O)c1ccccc1. The van der Waals surface area contributed by atoms with E-state index in [2.05, 4.69) is 15.6 Å². The van der Waals surface area contributed by atoms with Gasteiger partial charge in [0, 0.05) is 33.4 Å². The van der Waals surface area contributed by atoms with Crippen molar-refractivity contribution < 1.29 is 17.9 Å². The van der Waals surface area contributed by atoms with Gasteiger partial charge in [-0.3, -0.25) is 4.99 Å². The maximum absolute atomic E-state index is 12.2. The van der Waals surface area contributed by atoms with E-state index in [9.17, 15) is 8.42 Å². The van der Waals surface area contributed by atoms with Crippen LogP contribution in [0.1, 0.15) is 12.8 Å². The molecule has 0 saturated carbocycles. The van der Waals surface area contributed by atoms with Crippen molar-refractivity contribution in [3.63, 3.8) is 0 Å². The zero-order valence-corrected chi connectivity index (χ0v) is 15.4. The van der Waals surface area contributed by atoms with Crippen LogP contribution < -0.4 is 10.6 Å². The van der Waals surface area contributed by atoms with Crippen molar-refractivity contribution in [2.75, 3.05) is 45.7 Å². The molecule has 1 aliphatic rings. The van der Waals surface area contributed by atoms with Gasteiger partial charge in [-0.05, 0) is 25.0 Å². The molecule has 0 spiro atoms. The minimum Gasteiger partial charge on any atom is -0.379 e. The van der Waals surface area contributed by atoms with Crippen molar-refractivity contribution >= 4 is 15.8 Å². The van der Waals surface area contributed by atoms with Gasteiger partial charge in [-0.2, -0.15) is 0 Å². The standard InChI is InChI=1S/C17H27N3O4S/c1-18-17(19-9-5-11-24-15-8-12-23-14-15)20-10-13-25(21,22)16-6-3-2-4-7-16/h2-4,6-7,15H,5,8-14H2,1H3,(H2,18,19,20). The van der Waals surface area contributed by atoms with Gasteiger partial charge >= 0.3 is 0 Å². The Morgan fingerprint density at radius 2 is 2.04 bits per heavy atom. The summed E-state index contributed by atoms with van der Waals surface area (Å²) in [6.07, 6.45) is 2.03. The summed E-state index contributed by atoms with van der Waals surface area (Å²) in [5, 5.41) is 6.18. The number of nitrogens with one attached hydrogen (secondary N) is 2. The van der Waals surface area contributed by atoms with Crippen LogP contribution in [0.3, 0.4) is 0 Å². The Balaban J connectivity index is 1.61. The first-order chi connectivity index (χ1) is 12.1. The van der Waals surface area contributed by atoms with Gasteiger partial charge in [-0.15, -0.1) is 0 Å². The van der Waals surface area contributed by atoms with Crippen molar-refractivity contribution in [1.82, 2.24) is 10.6 Å². The Kier molecular flexibility index (Phi) is 8.17. The number of ether oxygens (including phenoxy) is 2. The van der Waals surface area contributed by atoms with Crippen molar-refractivity contribution in [2.45, 2.75) is 23.8 Å². The molecule has 1 fully saturated rings. The monoisotopic (exact) mass is 369 g/mol. The molecule has 0 amide bonds. The summed E-state index contributed by atoms with van der Waals surface area (Å²) in [4.78, 5) is 4.43. The van der Waals surface area contributed by atoms with Crippen LogP contribution in [-0.4, -0.2) is 66.2 Å². The summed E-state index contributed by atoms with van der Waals surface area (Å²) >= 11 is 0. The van der Waals surface area contributed by atoms with E-state index in [0.717, 1.165) is 19.4 Å². The summed E-state index contributed by atoms with van der Waals surface area (Å²) in [5.74, 6) is 0.607. The number of rotatable bonds is 9. The van der Waals surface area contributed by atoms with Crippen molar-refractivity contribution in [2.24, 2.45) is 4.99 Å². The second-order valence-corrected chi connectivity index (χ2v) is 7.88. The topological polar surface area (TPSA) is 89.0 Å². The van der Waals surface area contributed by atoms with Crippen LogP contribution in [0.25, 0.3) is 0 Å². The third-order valence-electron chi connectivity index (χ3n) is 3.84. The molecule has 8 heteroatoms. The summed E-state index contributed by atoms with van der Waals surface area (Å²) in [5.41, 5.74) is 0. The van der Waals surface area contributed by atoms with Crippen LogP contribution in [0.4, 0.5) is 0 Å². The molecular weight excluding hydrogens is 342 g/mol. The van der Waals surface area contributed by atoms with E-state index in [0.29, 0.717) is 37.2 Å². The highest BCUT2D eigenvalue weighted by molar-refractivity contribution is 7.91. The third kappa shape index (κ3) is 7.01. The predicted octanol–water partition coefficient (Wildman–Crippen LogP) is 0.821. The zero-order chi connectivity index (χ0) is 18.0. The molecule has 1 saturated heterocycles. The molecule has 1 aromatic rings. The number of hydrogen-bond acceptors (Lipinski definition) is 5. The molecule has 7 nitrogen and oxygen atoms in total. The van der Waals surface area contributed by atoms with Gasteiger partial charge in [0.2, 0.25) is 0 Å². The highest BCUT2D eigenvalue weighted by Crippen LogP contribution is 2.09. The lowest BCUT2D eigenvalue weighted by atomic mass is 10.3. The van der Waals surface area contributed by atoms with E-state index < -0.39 is 9.84 Å². The Hall–Kier alpha value is -1.64. The minimum absolute atomic E-state index is 0.0164. The highest BCUT2D eigenvalue weighted by atomic mass is 32.2. The van der Waals surface area contributed by atoms with Gasteiger partial charge in [-0.25, -0.2) is 8.42 Å². The fourth-order valence-electron chi connectivity index (χ4n) is 2.44. The number of nitrogens with zero attached hydrogens (tertiary/aromatic N) is 1. The van der Waals surface area contributed by atoms with Crippen molar-refractivity contribution in [1.29, 1.82) is 0 Å². The molecule has 0 aromatic heterocycles. The smallest absolute Gasteiger partial charge is 0.191 e. The lowest BCUT2D eigenvalue weighted by molar-refractivity contribution is 0.0420. The fraction of sp³-hybridized carbons (Fsp3) is 0.588. The number of benzene rings is 1. The maximum Gasteiger partial charge on any atom is 0.191 e. The van der Waals surface area contributed by atoms with E-state index in [-0.39, 0.29) is 11.9 Å². The molecule has 1 aliphatic heterocycles. The Morgan fingerprint density at radius 3 is 2.72 bits per heavy atom. The second-order valence-electron chi connectivity index (χ2n) is 5.77. The first kappa shape index (κ1) is 19.7. The molecule has 1 unspecified atom stereocenters.